The Morgan fingerprint density at radius 2 is 1.86 bits per heavy atom. The Hall–Kier alpha value is -4.35. The standard InChI is InChI=1S/C30H28ClN5O5S/c1-20-6-2-3-7-21(20)13-16-27-26(29(37)34-42(40,41)25-9-4-8-24(18-25)36(38)39)19-32-30(33-27)35-17-5-10-28(35)22-11-14-23(31)15-12-22/h2-4,6-9,11-12,14-15,18-19,28H,5,10,13,16-17H2,1H3,(H,34,37)/t28-/m0/s1. The number of amides is 1. The average molecular weight is 606 g/mol. The van der Waals surface area contributed by atoms with Crippen molar-refractivity contribution in [3.63, 3.8) is 0 Å². The van der Waals surface area contributed by atoms with Crippen molar-refractivity contribution < 1.29 is 18.1 Å². The number of halogens is 1. The number of anilines is 1. The zero-order chi connectivity index (χ0) is 29.9. The van der Waals surface area contributed by atoms with E-state index in [1.807, 2.05) is 60.2 Å². The molecule has 1 atom stereocenters. The Labute approximate surface area is 248 Å². The van der Waals surface area contributed by atoms with E-state index in [1.165, 1.54) is 24.4 Å². The predicted molar refractivity (Wildman–Crippen MR) is 159 cm³/mol. The first-order chi connectivity index (χ1) is 20.1. The van der Waals surface area contributed by atoms with Crippen LogP contribution in [0.3, 0.4) is 0 Å². The Bertz CT molecular complexity index is 1750. The van der Waals surface area contributed by atoms with Crippen molar-refractivity contribution in [1.82, 2.24) is 14.7 Å². The lowest BCUT2D eigenvalue weighted by atomic mass is 10.0. The van der Waals surface area contributed by atoms with E-state index in [0.717, 1.165) is 42.1 Å². The summed E-state index contributed by atoms with van der Waals surface area (Å²) in [5.74, 6) is -0.464. The van der Waals surface area contributed by atoms with Crippen LogP contribution in [0.2, 0.25) is 5.02 Å². The van der Waals surface area contributed by atoms with Gasteiger partial charge in [0.1, 0.15) is 0 Å². The number of hydrogen-bond donors (Lipinski definition) is 1. The van der Waals surface area contributed by atoms with Crippen molar-refractivity contribution in [3.05, 3.63) is 122 Å². The second-order valence-electron chi connectivity index (χ2n) is 10.0. The monoisotopic (exact) mass is 605 g/mol. The van der Waals surface area contributed by atoms with Gasteiger partial charge < -0.3 is 4.90 Å². The van der Waals surface area contributed by atoms with Crippen molar-refractivity contribution in [3.8, 4) is 0 Å². The average Bonchev–Trinajstić information content (AvgIpc) is 3.47. The fraction of sp³-hybridized carbons (Fsp3) is 0.233. The molecule has 0 spiro atoms. The molecule has 0 saturated carbocycles. The number of nitro benzene ring substituents is 1. The molecule has 5 rings (SSSR count). The molecule has 4 aromatic rings. The number of aromatic nitrogens is 2. The van der Waals surface area contributed by atoms with Crippen LogP contribution in [-0.2, 0) is 22.9 Å². The van der Waals surface area contributed by atoms with Gasteiger partial charge in [-0.1, -0.05) is 54.1 Å². The maximum Gasteiger partial charge on any atom is 0.270 e. The summed E-state index contributed by atoms with van der Waals surface area (Å²) < 4.78 is 28.1. The number of non-ortho nitro benzene ring substituents is 1. The van der Waals surface area contributed by atoms with E-state index in [1.54, 1.807) is 0 Å². The van der Waals surface area contributed by atoms with Gasteiger partial charge >= 0.3 is 0 Å². The highest BCUT2D eigenvalue weighted by atomic mass is 35.5. The summed E-state index contributed by atoms with van der Waals surface area (Å²) in [5.41, 5.74) is 3.26. The minimum Gasteiger partial charge on any atom is -0.334 e. The van der Waals surface area contributed by atoms with Crippen LogP contribution in [0.15, 0.2) is 83.9 Å². The van der Waals surface area contributed by atoms with Crippen molar-refractivity contribution in [2.45, 2.75) is 43.5 Å². The number of carbonyl (C=O) groups excluding carboxylic acids is 1. The van der Waals surface area contributed by atoms with E-state index < -0.39 is 31.4 Å². The SMILES string of the molecule is Cc1ccccc1CCc1nc(N2CCC[C@H]2c2ccc(Cl)cc2)ncc1C(=O)NS(=O)(=O)c1cccc([N+](=O)[O-])c1. The molecule has 3 aromatic carbocycles. The zero-order valence-electron chi connectivity index (χ0n) is 22.7. The lowest BCUT2D eigenvalue weighted by molar-refractivity contribution is -0.385. The van der Waals surface area contributed by atoms with Gasteiger partial charge in [0, 0.05) is 29.9 Å². The van der Waals surface area contributed by atoms with Gasteiger partial charge in [0.25, 0.3) is 21.6 Å². The molecule has 10 nitrogen and oxygen atoms in total. The molecule has 1 saturated heterocycles. The highest BCUT2D eigenvalue weighted by Crippen LogP contribution is 2.35. The largest absolute Gasteiger partial charge is 0.334 e. The number of sulfonamides is 1. The molecule has 0 radical (unpaired) electrons. The molecule has 1 fully saturated rings. The molecule has 216 valence electrons. The number of nitrogens with zero attached hydrogens (tertiary/aromatic N) is 4. The van der Waals surface area contributed by atoms with E-state index in [4.69, 9.17) is 16.6 Å². The number of aryl methyl sites for hydroxylation is 3. The summed E-state index contributed by atoms with van der Waals surface area (Å²) in [5, 5.41) is 11.8. The van der Waals surface area contributed by atoms with Gasteiger partial charge in [0.15, 0.2) is 0 Å². The van der Waals surface area contributed by atoms with Crippen LogP contribution < -0.4 is 9.62 Å². The fourth-order valence-electron chi connectivity index (χ4n) is 5.11. The summed E-state index contributed by atoms with van der Waals surface area (Å²) in [6, 6.07) is 20.1. The fourth-order valence-corrected chi connectivity index (χ4v) is 6.24. The molecule has 0 bridgehead atoms. The number of carbonyl (C=O) groups is 1. The maximum absolute atomic E-state index is 13.4. The van der Waals surface area contributed by atoms with Crippen LogP contribution >= 0.6 is 11.6 Å². The van der Waals surface area contributed by atoms with E-state index >= 15 is 0 Å². The minimum atomic E-state index is -4.41. The van der Waals surface area contributed by atoms with Crippen LogP contribution in [0.25, 0.3) is 0 Å². The van der Waals surface area contributed by atoms with E-state index in [-0.39, 0.29) is 11.6 Å². The number of nitro groups is 1. The highest BCUT2D eigenvalue weighted by Gasteiger charge is 2.30. The first-order valence-corrected chi connectivity index (χ1v) is 15.2. The first kappa shape index (κ1) is 29.2. The molecular formula is C30H28ClN5O5S. The van der Waals surface area contributed by atoms with Gasteiger partial charge in [0.2, 0.25) is 5.95 Å². The zero-order valence-corrected chi connectivity index (χ0v) is 24.3. The molecule has 42 heavy (non-hydrogen) atoms. The molecule has 1 aliphatic rings. The van der Waals surface area contributed by atoms with Gasteiger partial charge in [-0.15, -0.1) is 0 Å². The molecule has 0 unspecified atom stereocenters. The topological polar surface area (TPSA) is 135 Å². The second kappa shape index (κ2) is 12.3. The van der Waals surface area contributed by atoms with Crippen LogP contribution in [0.5, 0.6) is 0 Å². The van der Waals surface area contributed by atoms with Gasteiger partial charge in [-0.3, -0.25) is 14.9 Å². The molecule has 12 heteroatoms. The summed E-state index contributed by atoms with van der Waals surface area (Å²) in [7, 11) is -4.41. The third-order valence-electron chi connectivity index (χ3n) is 7.32. The van der Waals surface area contributed by atoms with Crippen molar-refractivity contribution in [1.29, 1.82) is 0 Å². The van der Waals surface area contributed by atoms with E-state index in [0.29, 0.717) is 29.5 Å². The van der Waals surface area contributed by atoms with Crippen molar-refractivity contribution in [2.75, 3.05) is 11.4 Å². The summed E-state index contributed by atoms with van der Waals surface area (Å²) in [4.78, 5) is 34.8. The third kappa shape index (κ3) is 6.42. The lowest BCUT2D eigenvalue weighted by Gasteiger charge is -2.26. The molecule has 1 amide bonds. The van der Waals surface area contributed by atoms with E-state index in [2.05, 4.69) is 9.88 Å². The van der Waals surface area contributed by atoms with Crippen LogP contribution in [0.4, 0.5) is 11.6 Å². The smallest absolute Gasteiger partial charge is 0.270 e. The predicted octanol–water partition coefficient (Wildman–Crippen LogP) is 5.59. The third-order valence-corrected chi connectivity index (χ3v) is 8.90. The molecule has 2 heterocycles. The van der Waals surface area contributed by atoms with Crippen molar-refractivity contribution >= 4 is 39.2 Å². The molecular weight excluding hydrogens is 578 g/mol. The van der Waals surface area contributed by atoms with Crippen molar-refractivity contribution in [2.24, 2.45) is 0 Å². The van der Waals surface area contributed by atoms with Gasteiger partial charge in [0.05, 0.1) is 27.1 Å². The Kier molecular flexibility index (Phi) is 8.51. The van der Waals surface area contributed by atoms with Crippen LogP contribution in [0, 0.1) is 17.0 Å². The molecule has 1 aliphatic heterocycles. The van der Waals surface area contributed by atoms with Gasteiger partial charge in [-0.25, -0.2) is 23.1 Å². The first-order valence-electron chi connectivity index (χ1n) is 13.4. The van der Waals surface area contributed by atoms with Crippen LogP contribution in [-0.4, -0.2) is 35.8 Å². The Balaban J connectivity index is 1.47. The second-order valence-corrected chi connectivity index (χ2v) is 12.2. The van der Waals surface area contributed by atoms with Gasteiger partial charge in [-0.2, -0.15) is 0 Å². The summed E-state index contributed by atoms with van der Waals surface area (Å²) in [6.45, 7) is 2.72. The molecule has 1 aromatic heterocycles. The molecule has 0 aliphatic carbocycles. The summed E-state index contributed by atoms with van der Waals surface area (Å²) >= 11 is 6.09. The summed E-state index contributed by atoms with van der Waals surface area (Å²) in [6.07, 6.45) is 4.11. The maximum atomic E-state index is 13.4. The van der Waals surface area contributed by atoms with Gasteiger partial charge in [-0.05, 0) is 67.5 Å². The number of hydrogen-bond acceptors (Lipinski definition) is 8. The van der Waals surface area contributed by atoms with Crippen LogP contribution in [0.1, 0.15) is 51.6 Å². The van der Waals surface area contributed by atoms with E-state index in [9.17, 15) is 23.3 Å². The Morgan fingerprint density at radius 1 is 1.10 bits per heavy atom. The number of nitrogens with one attached hydrogen (secondary N) is 1. The highest BCUT2D eigenvalue weighted by molar-refractivity contribution is 7.90. The molecule has 1 N–H and O–H groups in total. The Morgan fingerprint density at radius 3 is 2.60 bits per heavy atom. The lowest BCUT2D eigenvalue weighted by Crippen LogP contribution is -2.32. The minimum absolute atomic E-state index is 0.0172. The quantitative estimate of drug-likeness (QED) is 0.193. The number of rotatable bonds is 9. The normalized spacial score (nSPS) is 15.0. The number of benzene rings is 3.